The molecule has 0 bridgehead atoms. The summed E-state index contributed by atoms with van der Waals surface area (Å²) in [6, 6.07) is 9.24. The lowest BCUT2D eigenvalue weighted by Gasteiger charge is -2.06. The highest BCUT2D eigenvalue weighted by Crippen LogP contribution is 2.12. The zero-order valence-electron chi connectivity index (χ0n) is 9.57. The van der Waals surface area contributed by atoms with E-state index >= 15 is 0 Å². The number of aromatic amines is 1. The maximum Gasteiger partial charge on any atom is 0.337 e. The van der Waals surface area contributed by atoms with Crippen molar-refractivity contribution < 1.29 is 9.53 Å². The summed E-state index contributed by atoms with van der Waals surface area (Å²) in [6.07, 6.45) is 3.80. The Kier molecular flexibility index (Phi) is 3.45. The minimum Gasteiger partial charge on any atom is -0.465 e. The Morgan fingerprint density at radius 2 is 2.29 bits per heavy atom. The van der Waals surface area contributed by atoms with Crippen LogP contribution >= 0.6 is 0 Å². The molecule has 0 amide bonds. The number of hydrogen-bond acceptors (Lipinski definition) is 3. The summed E-state index contributed by atoms with van der Waals surface area (Å²) in [5.41, 5.74) is 2.61. The van der Waals surface area contributed by atoms with E-state index in [2.05, 4.69) is 15.0 Å². The van der Waals surface area contributed by atoms with Crippen molar-refractivity contribution >= 4 is 11.7 Å². The predicted molar refractivity (Wildman–Crippen MR) is 65.9 cm³/mol. The van der Waals surface area contributed by atoms with Crippen LogP contribution in [0.3, 0.4) is 0 Å². The molecule has 0 aliphatic carbocycles. The Morgan fingerprint density at radius 3 is 3.00 bits per heavy atom. The fourth-order valence-electron chi connectivity index (χ4n) is 1.55. The minimum atomic E-state index is -0.324. The van der Waals surface area contributed by atoms with Crippen LogP contribution in [-0.4, -0.2) is 18.1 Å². The molecule has 0 saturated heterocycles. The van der Waals surface area contributed by atoms with Crippen LogP contribution in [0.4, 0.5) is 5.69 Å². The first-order valence-corrected chi connectivity index (χ1v) is 5.33. The number of rotatable bonds is 4. The van der Waals surface area contributed by atoms with E-state index in [0.29, 0.717) is 12.1 Å². The maximum atomic E-state index is 11.3. The van der Waals surface area contributed by atoms with Crippen LogP contribution in [0.15, 0.2) is 42.7 Å². The van der Waals surface area contributed by atoms with Crippen molar-refractivity contribution in [2.24, 2.45) is 0 Å². The van der Waals surface area contributed by atoms with E-state index in [4.69, 9.17) is 0 Å². The van der Waals surface area contributed by atoms with Crippen molar-refractivity contribution in [3.05, 3.63) is 53.9 Å². The molecule has 4 nitrogen and oxygen atoms in total. The lowest BCUT2D eigenvalue weighted by Crippen LogP contribution is -2.03. The van der Waals surface area contributed by atoms with Crippen molar-refractivity contribution in [3.63, 3.8) is 0 Å². The second-order valence-electron chi connectivity index (χ2n) is 3.65. The normalized spacial score (nSPS) is 9.94. The second-order valence-corrected chi connectivity index (χ2v) is 3.65. The first-order chi connectivity index (χ1) is 8.29. The molecule has 2 aromatic rings. The number of carbonyl (C=O) groups excluding carboxylic acids is 1. The molecule has 1 heterocycles. The summed E-state index contributed by atoms with van der Waals surface area (Å²) in [4.78, 5) is 14.3. The van der Waals surface area contributed by atoms with E-state index in [1.165, 1.54) is 7.11 Å². The molecule has 0 aliphatic rings. The van der Waals surface area contributed by atoms with E-state index in [9.17, 15) is 4.79 Å². The Morgan fingerprint density at radius 1 is 1.41 bits per heavy atom. The summed E-state index contributed by atoms with van der Waals surface area (Å²) >= 11 is 0. The van der Waals surface area contributed by atoms with Gasteiger partial charge in [-0.05, 0) is 29.8 Å². The number of ether oxygens (including phenoxy) is 1. The fraction of sp³-hybridized carbons (Fsp3) is 0.154. The van der Waals surface area contributed by atoms with Gasteiger partial charge in [0, 0.05) is 24.6 Å². The number of carbonyl (C=O) groups is 1. The van der Waals surface area contributed by atoms with Gasteiger partial charge in [0.25, 0.3) is 0 Å². The van der Waals surface area contributed by atoms with Crippen LogP contribution in [0.2, 0.25) is 0 Å². The fourth-order valence-corrected chi connectivity index (χ4v) is 1.55. The topological polar surface area (TPSA) is 54.1 Å². The Hall–Kier alpha value is -2.23. The molecule has 88 valence electrons. The number of hydrogen-bond donors (Lipinski definition) is 2. The molecule has 0 spiro atoms. The molecular weight excluding hydrogens is 216 g/mol. The average Bonchev–Trinajstić information content (AvgIpc) is 2.89. The van der Waals surface area contributed by atoms with Crippen LogP contribution in [0.5, 0.6) is 0 Å². The van der Waals surface area contributed by atoms with Gasteiger partial charge in [0.1, 0.15) is 0 Å². The van der Waals surface area contributed by atoms with E-state index in [0.717, 1.165) is 11.3 Å². The van der Waals surface area contributed by atoms with E-state index in [1.807, 2.05) is 30.6 Å². The third-order valence-electron chi connectivity index (χ3n) is 2.44. The highest BCUT2D eigenvalue weighted by atomic mass is 16.5. The summed E-state index contributed by atoms with van der Waals surface area (Å²) in [6.45, 7) is 0.716. The van der Waals surface area contributed by atoms with Gasteiger partial charge in [-0.2, -0.15) is 0 Å². The highest BCUT2D eigenvalue weighted by molar-refractivity contribution is 5.90. The minimum absolute atomic E-state index is 0.324. The molecule has 4 heteroatoms. The zero-order valence-corrected chi connectivity index (χ0v) is 9.57. The van der Waals surface area contributed by atoms with Crippen LogP contribution in [-0.2, 0) is 11.3 Å². The Labute approximate surface area is 99.6 Å². The summed E-state index contributed by atoms with van der Waals surface area (Å²) in [5, 5.41) is 3.24. The smallest absolute Gasteiger partial charge is 0.337 e. The van der Waals surface area contributed by atoms with Gasteiger partial charge in [0.05, 0.1) is 12.7 Å². The lowest BCUT2D eigenvalue weighted by molar-refractivity contribution is 0.0601. The second kappa shape index (κ2) is 5.21. The Balaban J connectivity index is 2.03. The molecule has 1 aromatic heterocycles. The van der Waals surface area contributed by atoms with Gasteiger partial charge in [0.15, 0.2) is 0 Å². The van der Waals surface area contributed by atoms with Gasteiger partial charge >= 0.3 is 5.97 Å². The molecule has 0 unspecified atom stereocenters. The number of esters is 1. The van der Waals surface area contributed by atoms with E-state index < -0.39 is 0 Å². The molecule has 1 aromatic carbocycles. The molecule has 2 rings (SSSR count). The highest BCUT2D eigenvalue weighted by Gasteiger charge is 2.05. The Bertz CT molecular complexity index is 492. The summed E-state index contributed by atoms with van der Waals surface area (Å²) < 4.78 is 4.67. The molecule has 0 fully saturated rings. The first-order valence-electron chi connectivity index (χ1n) is 5.33. The average molecular weight is 230 g/mol. The van der Waals surface area contributed by atoms with Gasteiger partial charge < -0.3 is 15.0 Å². The molecule has 0 saturated carbocycles. The van der Waals surface area contributed by atoms with Crippen LogP contribution in [0, 0.1) is 0 Å². The summed E-state index contributed by atoms with van der Waals surface area (Å²) in [7, 11) is 1.38. The predicted octanol–water partition coefficient (Wildman–Crippen LogP) is 2.41. The largest absolute Gasteiger partial charge is 0.465 e. The van der Waals surface area contributed by atoms with Crippen molar-refractivity contribution in [1.82, 2.24) is 4.98 Å². The number of methoxy groups -OCH3 is 1. The quantitative estimate of drug-likeness (QED) is 0.793. The number of benzene rings is 1. The molecule has 0 aliphatic heterocycles. The molecule has 2 N–H and O–H groups in total. The van der Waals surface area contributed by atoms with Gasteiger partial charge in [0.2, 0.25) is 0 Å². The third-order valence-corrected chi connectivity index (χ3v) is 2.44. The lowest BCUT2D eigenvalue weighted by atomic mass is 10.2. The van der Waals surface area contributed by atoms with Gasteiger partial charge in [-0.15, -0.1) is 0 Å². The van der Waals surface area contributed by atoms with Crippen molar-refractivity contribution in [2.75, 3.05) is 12.4 Å². The van der Waals surface area contributed by atoms with Gasteiger partial charge in [-0.25, -0.2) is 4.79 Å². The number of H-pyrrole nitrogens is 1. The third kappa shape index (κ3) is 2.87. The number of nitrogens with one attached hydrogen (secondary N) is 2. The maximum absolute atomic E-state index is 11.3. The van der Waals surface area contributed by atoms with Crippen molar-refractivity contribution in [3.8, 4) is 0 Å². The molecule has 0 radical (unpaired) electrons. The van der Waals surface area contributed by atoms with Gasteiger partial charge in [-0.1, -0.05) is 6.07 Å². The molecule has 17 heavy (non-hydrogen) atoms. The van der Waals surface area contributed by atoms with Crippen molar-refractivity contribution in [1.29, 1.82) is 0 Å². The van der Waals surface area contributed by atoms with Crippen LogP contribution in [0.1, 0.15) is 15.9 Å². The van der Waals surface area contributed by atoms with E-state index in [1.54, 1.807) is 12.1 Å². The summed E-state index contributed by atoms with van der Waals surface area (Å²) in [5.74, 6) is -0.324. The van der Waals surface area contributed by atoms with Crippen LogP contribution in [0.25, 0.3) is 0 Å². The van der Waals surface area contributed by atoms with E-state index in [-0.39, 0.29) is 5.97 Å². The molecular formula is C13H14N2O2. The SMILES string of the molecule is COC(=O)c1cccc(NCc2cc[nH]c2)c1. The number of anilines is 1. The van der Waals surface area contributed by atoms with Gasteiger partial charge in [-0.3, -0.25) is 0 Å². The molecule has 0 atom stereocenters. The van der Waals surface area contributed by atoms with Crippen LogP contribution < -0.4 is 5.32 Å². The zero-order chi connectivity index (χ0) is 12.1. The first kappa shape index (κ1) is 11.3. The monoisotopic (exact) mass is 230 g/mol. The number of aromatic nitrogens is 1. The standard InChI is InChI=1S/C13H14N2O2/c1-17-13(16)11-3-2-4-12(7-11)15-9-10-5-6-14-8-10/h2-8,14-15H,9H2,1H3. The van der Waals surface area contributed by atoms with Crippen molar-refractivity contribution in [2.45, 2.75) is 6.54 Å².